The van der Waals surface area contributed by atoms with Gasteiger partial charge in [0.05, 0.1) is 7.11 Å². The predicted molar refractivity (Wildman–Crippen MR) is 76.7 cm³/mol. The molecule has 19 heavy (non-hydrogen) atoms. The van der Waals surface area contributed by atoms with Crippen LogP contribution in [0.4, 0.5) is 0 Å². The van der Waals surface area contributed by atoms with Gasteiger partial charge in [0, 0.05) is 25.9 Å². The zero-order valence-corrected chi connectivity index (χ0v) is 11.9. The Kier molecular flexibility index (Phi) is 4.97. The van der Waals surface area contributed by atoms with Crippen molar-refractivity contribution in [1.29, 1.82) is 0 Å². The second-order valence-electron chi connectivity index (χ2n) is 5.29. The quantitative estimate of drug-likeness (QED) is 0.816. The molecule has 104 valence electrons. The van der Waals surface area contributed by atoms with Crippen LogP contribution >= 0.6 is 0 Å². The normalized spacial score (nSPS) is 16.6. The number of carbonyl (C=O) groups excluding carboxylic acids is 1. The highest BCUT2D eigenvalue weighted by Crippen LogP contribution is 2.19. The number of Topliss-reactive ketones (excluding diaryl/α,β-unsaturated/α-hetero) is 1. The molecule has 0 unspecified atom stereocenters. The van der Waals surface area contributed by atoms with E-state index in [1.165, 1.54) is 11.1 Å². The molecule has 1 fully saturated rings. The number of hydrogen-bond donors (Lipinski definition) is 0. The summed E-state index contributed by atoms with van der Waals surface area (Å²) in [6.45, 7) is 5.07. The third-order valence-corrected chi connectivity index (χ3v) is 3.81. The molecule has 0 aromatic heterocycles. The molecule has 0 N–H and O–H groups in total. The maximum atomic E-state index is 11.2. The lowest BCUT2D eigenvalue weighted by atomic mass is 10.1. The van der Waals surface area contributed by atoms with Crippen LogP contribution in [0.3, 0.4) is 0 Å². The molecule has 2 rings (SSSR count). The number of benzene rings is 1. The summed E-state index contributed by atoms with van der Waals surface area (Å²) in [5.74, 6) is 1.38. The van der Waals surface area contributed by atoms with Gasteiger partial charge >= 0.3 is 0 Å². The van der Waals surface area contributed by atoms with E-state index < -0.39 is 0 Å². The summed E-state index contributed by atoms with van der Waals surface area (Å²) in [6, 6.07) is 6.40. The fourth-order valence-corrected chi connectivity index (χ4v) is 2.63. The van der Waals surface area contributed by atoms with Gasteiger partial charge < -0.3 is 9.64 Å². The molecule has 0 amide bonds. The maximum absolute atomic E-state index is 11.2. The van der Waals surface area contributed by atoms with E-state index >= 15 is 0 Å². The van der Waals surface area contributed by atoms with Gasteiger partial charge in [-0.3, -0.25) is 4.79 Å². The second kappa shape index (κ2) is 6.71. The zero-order chi connectivity index (χ0) is 13.7. The van der Waals surface area contributed by atoms with Gasteiger partial charge in [-0.15, -0.1) is 0 Å². The average molecular weight is 261 g/mol. The number of aryl methyl sites for hydroxylation is 2. The predicted octanol–water partition coefficient (Wildman–Crippen LogP) is 2.60. The summed E-state index contributed by atoms with van der Waals surface area (Å²) in [7, 11) is 1.71. The number of nitrogens with zero attached hydrogens (tertiary/aromatic N) is 1. The van der Waals surface area contributed by atoms with Crippen LogP contribution in [0.15, 0.2) is 18.2 Å². The largest absolute Gasteiger partial charge is 0.496 e. The van der Waals surface area contributed by atoms with Gasteiger partial charge in [0.2, 0.25) is 0 Å². The minimum absolute atomic E-state index is 0.419. The number of hydrogen-bond acceptors (Lipinski definition) is 3. The van der Waals surface area contributed by atoms with E-state index in [9.17, 15) is 4.79 Å². The van der Waals surface area contributed by atoms with Gasteiger partial charge in [-0.1, -0.05) is 12.1 Å². The Bertz CT molecular complexity index is 432. The van der Waals surface area contributed by atoms with Crippen LogP contribution in [0.5, 0.6) is 5.75 Å². The van der Waals surface area contributed by atoms with E-state index in [4.69, 9.17) is 4.74 Å². The molecule has 1 aromatic carbocycles. The first-order chi connectivity index (χ1) is 9.19. The number of rotatable bonds is 5. The van der Waals surface area contributed by atoms with Crippen molar-refractivity contribution in [2.45, 2.75) is 32.6 Å². The summed E-state index contributed by atoms with van der Waals surface area (Å²) < 4.78 is 5.27. The van der Waals surface area contributed by atoms with Crippen molar-refractivity contribution in [3.63, 3.8) is 0 Å². The monoisotopic (exact) mass is 261 g/mol. The molecule has 1 saturated heterocycles. The molecule has 1 heterocycles. The van der Waals surface area contributed by atoms with Crippen molar-refractivity contribution in [2.75, 3.05) is 26.7 Å². The number of ketones is 1. The van der Waals surface area contributed by atoms with Crippen molar-refractivity contribution in [2.24, 2.45) is 0 Å². The van der Waals surface area contributed by atoms with Crippen molar-refractivity contribution in [3.8, 4) is 5.75 Å². The molecular weight excluding hydrogens is 238 g/mol. The molecule has 0 atom stereocenters. The van der Waals surface area contributed by atoms with E-state index in [2.05, 4.69) is 24.0 Å². The Balaban J connectivity index is 1.76. The number of likely N-dealkylation sites (tertiary alicyclic amines) is 1. The van der Waals surface area contributed by atoms with Crippen LogP contribution < -0.4 is 4.74 Å². The van der Waals surface area contributed by atoms with Gasteiger partial charge in [-0.05, 0) is 43.5 Å². The van der Waals surface area contributed by atoms with E-state index in [1.54, 1.807) is 7.11 Å². The first-order valence-corrected chi connectivity index (χ1v) is 7.06. The number of methoxy groups -OCH3 is 1. The number of carbonyl (C=O) groups is 1. The molecule has 1 aliphatic heterocycles. The first-order valence-electron chi connectivity index (χ1n) is 7.06. The second-order valence-corrected chi connectivity index (χ2v) is 5.29. The molecule has 3 heteroatoms. The summed E-state index contributed by atoms with van der Waals surface area (Å²) in [4.78, 5) is 13.6. The third kappa shape index (κ3) is 4.06. The van der Waals surface area contributed by atoms with Gasteiger partial charge in [-0.25, -0.2) is 0 Å². The Morgan fingerprint density at radius 3 is 2.63 bits per heavy atom. The van der Waals surface area contributed by atoms with Crippen molar-refractivity contribution in [1.82, 2.24) is 4.90 Å². The average Bonchev–Trinajstić information content (AvgIpc) is 2.41. The fourth-order valence-electron chi connectivity index (χ4n) is 2.63. The molecule has 0 saturated carbocycles. The fraction of sp³-hybridized carbons (Fsp3) is 0.562. The van der Waals surface area contributed by atoms with Crippen LogP contribution in [-0.2, 0) is 11.2 Å². The minimum atomic E-state index is 0.419. The lowest BCUT2D eigenvalue weighted by Crippen LogP contribution is -2.34. The van der Waals surface area contributed by atoms with Crippen LogP contribution in [0, 0.1) is 6.92 Å². The van der Waals surface area contributed by atoms with Gasteiger partial charge in [0.15, 0.2) is 0 Å². The van der Waals surface area contributed by atoms with E-state index in [1.807, 2.05) is 6.07 Å². The lowest BCUT2D eigenvalue weighted by Gasteiger charge is -2.25. The summed E-state index contributed by atoms with van der Waals surface area (Å²) in [6.07, 6.45) is 3.72. The Morgan fingerprint density at radius 1 is 1.26 bits per heavy atom. The van der Waals surface area contributed by atoms with Crippen molar-refractivity contribution < 1.29 is 9.53 Å². The van der Waals surface area contributed by atoms with Crippen molar-refractivity contribution >= 4 is 5.78 Å². The first kappa shape index (κ1) is 14.1. The minimum Gasteiger partial charge on any atom is -0.496 e. The lowest BCUT2D eigenvalue weighted by molar-refractivity contribution is -0.121. The summed E-state index contributed by atoms with van der Waals surface area (Å²) in [5.41, 5.74) is 2.56. The molecule has 0 bridgehead atoms. The molecule has 0 aliphatic carbocycles. The van der Waals surface area contributed by atoms with Crippen molar-refractivity contribution in [3.05, 3.63) is 29.3 Å². The third-order valence-electron chi connectivity index (χ3n) is 3.81. The molecule has 1 aliphatic rings. The number of ether oxygens (including phenoxy) is 1. The molecule has 0 radical (unpaired) electrons. The van der Waals surface area contributed by atoms with Gasteiger partial charge in [-0.2, -0.15) is 0 Å². The zero-order valence-electron chi connectivity index (χ0n) is 11.9. The topological polar surface area (TPSA) is 29.5 Å². The van der Waals surface area contributed by atoms with Gasteiger partial charge in [0.1, 0.15) is 11.5 Å². The highest BCUT2D eigenvalue weighted by molar-refractivity contribution is 5.79. The SMILES string of the molecule is COc1ccc(CCCN2CCC(=O)CC2)cc1C. The Labute approximate surface area is 115 Å². The van der Waals surface area contributed by atoms with E-state index in [-0.39, 0.29) is 0 Å². The Morgan fingerprint density at radius 2 is 2.00 bits per heavy atom. The molecular formula is C16H23NO2. The van der Waals surface area contributed by atoms with Crippen LogP contribution in [0.1, 0.15) is 30.4 Å². The highest BCUT2D eigenvalue weighted by atomic mass is 16.5. The van der Waals surface area contributed by atoms with Gasteiger partial charge in [0.25, 0.3) is 0 Å². The molecule has 0 spiro atoms. The Hall–Kier alpha value is -1.35. The van der Waals surface area contributed by atoms with E-state index in [0.29, 0.717) is 5.78 Å². The standard InChI is InChI=1S/C16H23NO2/c1-13-12-14(5-6-16(13)19-2)4-3-9-17-10-7-15(18)8-11-17/h5-6,12H,3-4,7-11H2,1-2H3. The smallest absolute Gasteiger partial charge is 0.135 e. The molecule has 3 nitrogen and oxygen atoms in total. The highest BCUT2D eigenvalue weighted by Gasteiger charge is 2.15. The number of piperidine rings is 1. The summed E-state index contributed by atoms with van der Waals surface area (Å²) in [5, 5.41) is 0. The molecule has 1 aromatic rings. The van der Waals surface area contributed by atoms with E-state index in [0.717, 1.165) is 51.1 Å². The van der Waals surface area contributed by atoms with Crippen LogP contribution in [0.25, 0.3) is 0 Å². The summed E-state index contributed by atoms with van der Waals surface area (Å²) >= 11 is 0. The van der Waals surface area contributed by atoms with Crippen LogP contribution in [-0.4, -0.2) is 37.4 Å². The maximum Gasteiger partial charge on any atom is 0.135 e. The van der Waals surface area contributed by atoms with Crippen LogP contribution in [0.2, 0.25) is 0 Å².